The van der Waals surface area contributed by atoms with Crippen molar-refractivity contribution in [1.82, 2.24) is 0 Å². The van der Waals surface area contributed by atoms with E-state index >= 15 is 0 Å². The van der Waals surface area contributed by atoms with Gasteiger partial charge in [-0.3, -0.25) is 4.79 Å². The van der Waals surface area contributed by atoms with Crippen LogP contribution in [0.2, 0.25) is 0 Å². The fourth-order valence-corrected chi connectivity index (χ4v) is 2.12. The average Bonchev–Trinajstić information content (AvgIpc) is 2.44. The Kier molecular flexibility index (Phi) is 6.62. The van der Waals surface area contributed by atoms with E-state index in [1.807, 2.05) is 18.0 Å². The fourth-order valence-electron chi connectivity index (χ4n) is 2.12. The van der Waals surface area contributed by atoms with Crippen LogP contribution < -0.4 is 10.6 Å². The lowest BCUT2D eigenvalue weighted by atomic mass is 9.96. The molecule has 0 amide bonds. The number of hydrogen-bond donors (Lipinski definition) is 1. The number of ether oxygens (including phenoxy) is 1. The van der Waals surface area contributed by atoms with E-state index < -0.39 is 5.54 Å². The minimum atomic E-state index is -0.952. The van der Waals surface area contributed by atoms with E-state index in [9.17, 15) is 9.18 Å². The van der Waals surface area contributed by atoms with Crippen LogP contribution in [0.1, 0.15) is 33.1 Å². The zero-order chi connectivity index (χ0) is 15.9. The third-order valence-electron chi connectivity index (χ3n) is 3.45. The zero-order valence-corrected chi connectivity index (χ0v) is 13.1. The molecule has 118 valence electrons. The van der Waals surface area contributed by atoms with Crippen LogP contribution in [0.15, 0.2) is 24.3 Å². The van der Waals surface area contributed by atoms with Gasteiger partial charge in [-0.05, 0) is 45.2 Å². The molecule has 1 aromatic carbocycles. The van der Waals surface area contributed by atoms with Crippen LogP contribution in [0.4, 0.5) is 10.1 Å². The van der Waals surface area contributed by atoms with Crippen LogP contribution in [-0.2, 0) is 9.53 Å². The molecule has 0 saturated carbocycles. The van der Waals surface area contributed by atoms with Gasteiger partial charge in [0.15, 0.2) is 0 Å². The van der Waals surface area contributed by atoms with Crippen LogP contribution in [0.25, 0.3) is 0 Å². The molecular formula is C16H25FN2O2. The topological polar surface area (TPSA) is 55.6 Å². The summed E-state index contributed by atoms with van der Waals surface area (Å²) in [6.07, 6.45) is 2.17. The number of carbonyl (C=O) groups is 1. The van der Waals surface area contributed by atoms with Gasteiger partial charge in [-0.2, -0.15) is 0 Å². The molecule has 0 saturated heterocycles. The second kappa shape index (κ2) is 7.98. The van der Waals surface area contributed by atoms with Crippen LogP contribution in [0, 0.1) is 5.82 Å². The van der Waals surface area contributed by atoms with Crippen molar-refractivity contribution >= 4 is 11.7 Å². The summed E-state index contributed by atoms with van der Waals surface area (Å²) in [5, 5.41) is 0. The van der Waals surface area contributed by atoms with E-state index in [-0.39, 0.29) is 11.8 Å². The Morgan fingerprint density at radius 1 is 1.38 bits per heavy atom. The number of esters is 1. The fraction of sp³-hybridized carbons (Fsp3) is 0.562. The van der Waals surface area contributed by atoms with Crippen LogP contribution in [0.5, 0.6) is 0 Å². The number of nitrogens with zero attached hydrogens (tertiary/aromatic N) is 1. The second-order valence-electron chi connectivity index (χ2n) is 5.47. The van der Waals surface area contributed by atoms with Crippen molar-refractivity contribution in [1.29, 1.82) is 0 Å². The number of anilines is 1. The predicted molar refractivity (Wildman–Crippen MR) is 82.7 cm³/mol. The van der Waals surface area contributed by atoms with Crippen molar-refractivity contribution in [2.45, 2.75) is 38.6 Å². The first-order valence-corrected chi connectivity index (χ1v) is 7.30. The first kappa shape index (κ1) is 17.4. The van der Waals surface area contributed by atoms with Crippen LogP contribution in [0.3, 0.4) is 0 Å². The van der Waals surface area contributed by atoms with E-state index in [2.05, 4.69) is 0 Å². The molecule has 21 heavy (non-hydrogen) atoms. The number of rotatable bonds is 8. The third-order valence-corrected chi connectivity index (χ3v) is 3.45. The predicted octanol–water partition coefficient (Wildman–Crippen LogP) is 2.71. The van der Waals surface area contributed by atoms with Crippen molar-refractivity contribution in [2.24, 2.45) is 5.73 Å². The average molecular weight is 296 g/mol. The molecule has 5 heteroatoms. The van der Waals surface area contributed by atoms with Gasteiger partial charge in [-0.1, -0.05) is 12.1 Å². The Labute approximate surface area is 126 Å². The maximum absolute atomic E-state index is 13.6. The van der Waals surface area contributed by atoms with Crippen LogP contribution in [-0.4, -0.2) is 31.7 Å². The Bertz CT molecular complexity index is 463. The lowest BCUT2D eigenvalue weighted by Crippen LogP contribution is -2.46. The molecule has 0 aliphatic heterocycles. The monoisotopic (exact) mass is 296 g/mol. The van der Waals surface area contributed by atoms with Crippen molar-refractivity contribution < 1.29 is 13.9 Å². The molecule has 2 N–H and O–H groups in total. The van der Waals surface area contributed by atoms with E-state index in [4.69, 9.17) is 10.5 Å². The summed E-state index contributed by atoms with van der Waals surface area (Å²) in [6, 6.07) is 6.68. The number of nitrogens with two attached hydrogens (primary N) is 1. The molecule has 0 heterocycles. The second-order valence-corrected chi connectivity index (χ2v) is 5.47. The first-order valence-electron chi connectivity index (χ1n) is 7.30. The lowest BCUT2D eigenvalue weighted by Gasteiger charge is -2.23. The molecule has 0 aliphatic rings. The Morgan fingerprint density at radius 2 is 2.05 bits per heavy atom. The van der Waals surface area contributed by atoms with E-state index in [1.165, 1.54) is 6.07 Å². The molecule has 0 aromatic heterocycles. The molecule has 0 radical (unpaired) electrons. The molecule has 0 spiro atoms. The first-order chi connectivity index (χ1) is 9.88. The maximum atomic E-state index is 13.6. The molecule has 0 bridgehead atoms. The van der Waals surface area contributed by atoms with Crippen LogP contribution >= 0.6 is 0 Å². The summed E-state index contributed by atoms with van der Waals surface area (Å²) in [5.41, 5.74) is 5.58. The molecule has 0 fully saturated rings. The summed E-state index contributed by atoms with van der Waals surface area (Å²) in [5.74, 6) is -0.595. The number of hydrogen-bond acceptors (Lipinski definition) is 4. The van der Waals surface area contributed by atoms with Gasteiger partial charge in [0.1, 0.15) is 11.4 Å². The highest BCUT2D eigenvalue weighted by Crippen LogP contribution is 2.18. The zero-order valence-electron chi connectivity index (χ0n) is 13.1. The van der Waals surface area contributed by atoms with E-state index in [0.29, 0.717) is 25.3 Å². The summed E-state index contributed by atoms with van der Waals surface area (Å²) in [7, 11) is 1.85. The van der Waals surface area contributed by atoms with Gasteiger partial charge >= 0.3 is 5.97 Å². The highest BCUT2D eigenvalue weighted by atomic mass is 19.1. The molecule has 1 unspecified atom stereocenters. The number of benzene rings is 1. The SMILES string of the molecule is CCOC(=O)C(C)(N)CCCCN(C)c1ccccc1F. The Hall–Kier alpha value is -1.62. The quantitative estimate of drug-likeness (QED) is 0.592. The largest absolute Gasteiger partial charge is 0.465 e. The maximum Gasteiger partial charge on any atom is 0.325 e. The molecule has 4 nitrogen and oxygen atoms in total. The van der Waals surface area contributed by atoms with Gasteiger partial charge in [-0.25, -0.2) is 4.39 Å². The third kappa shape index (κ3) is 5.34. The van der Waals surface area contributed by atoms with Gasteiger partial charge in [-0.15, -0.1) is 0 Å². The minimum absolute atomic E-state index is 0.227. The van der Waals surface area contributed by atoms with Crippen molar-refractivity contribution in [2.75, 3.05) is 25.1 Å². The number of para-hydroxylation sites is 1. The van der Waals surface area contributed by atoms with Crippen molar-refractivity contribution in [3.05, 3.63) is 30.1 Å². The molecular weight excluding hydrogens is 271 g/mol. The summed E-state index contributed by atoms with van der Waals surface area (Å²) < 4.78 is 18.6. The highest BCUT2D eigenvalue weighted by Gasteiger charge is 2.29. The van der Waals surface area contributed by atoms with Gasteiger partial charge in [0, 0.05) is 13.6 Å². The van der Waals surface area contributed by atoms with Gasteiger partial charge in [0.2, 0.25) is 0 Å². The Morgan fingerprint density at radius 3 is 2.67 bits per heavy atom. The lowest BCUT2D eigenvalue weighted by molar-refractivity contribution is -0.149. The van der Waals surface area contributed by atoms with E-state index in [1.54, 1.807) is 26.0 Å². The number of carbonyl (C=O) groups excluding carboxylic acids is 1. The number of halogens is 1. The number of unbranched alkanes of at least 4 members (excludes halogenated alkanes) is 1. The molecule has 1 aromatic rings. The molecule has 1 atom stereocenters. The standard InChI is InChI=1S/C16H25FN2O2/c1-4-21-15(20)16(2,18)11-7-8-12-19(3)14-10-6-5-9-13(14)17/h5-6,9-10H,4,7-8,11-12,18H2,1-3H3. The van der Waals surface area contributed by atoms with Gasteiger partial charge < -0.3 is 15.4 Å². The normalized spacial score (nSPS) is 13.6. The van der Waals surface area contributed by atoms with Gasteiger partial charge in [0.25, 0.3) is 0 Å². The van der Waals surface area contributed by atoms with E-state index in [0.717, 1.165) is 12.8 Å². The summed E-state index contributed by atoms with van der Waals surface area (Å²) in [4.78, 5) is 13.5. The van der Waals surface area contributed by atoms with Gasteiger partial charge in [0.05, 0.1) is 12.3 Å². The smallest absolute Gasteiger partial charge is 0.325 e. The summed E-state index contributed by atoms with van der Waals surface area (Å²) >= 11 is 0. The Balaban J connectivity index is 2.37. The highest BCUT2D eigenvalue weighted by molar-refractivity contribution is 5.79. The summed E-state index contributed by atoms with van der Waals surface area (Å²) in [6.45, 7) is 4.49. The molecule has 0 aliphatic carbocycles. The van der Waals surface area contributed by atoms with Crippen molar-refractivity contribution in [3.63, 3.8) is 0 Å². The van der Waals surface area contributed by atoms with Crippen molar-refractivity contribution in [3.8, 4) is 0 Å². The minimum Gasteiger partial charge on any atom is -0.465 e. The molecule has 1 rings (SSSR count).